The minimum Gasteiger partial charge on any atom is -0.389 e. The molecule has 1 fully saturated rings. The standard InChI is InChI=1S/C19H25N3O2/c1-14-4-6-17(7-5-14)8-9-21-11-18(10-20)19(23)22-12-15(2)24-16(3)13-22/h4-7,11,15-16,21H,8-9,12-13H2,1-3H3/b18-11-. The Balaban J connectivity index is 1.88. The fourth-order valence-electron chi connectivity index (χ4n) is 2.80. The van der Waals surface area contributed by atoms with Gasteiger partial charge in [-0.3, -0.25) is 4.79 Å². The van der Waals surface area contributed by atoms with Crippen molar-refractivity contribution in [3.8, 4) is 6.07 Å². The number of nitrogens with zero attached hydrogens (tertiary/aromatic N) is 2. The molecule has 2 atom stereocenters. The second-order valence-corrected chi connectivity index (χ2v) is 6.33. The van der Waals surface area contributed by atoms with Gasteiger partial charge in [0.15, 0.2) is 0 Å². The molecule has 1 amide bonds. The zero-order valence-corrected chi connectivity index (χ0v) is 14.6. The van der Waals surface area contributed by atoms with Crippen molar-refractivity contribution in [2.45, 2.75) is 39.4 Å². The van der Waals surface area contributed by atoms with Gasteiger partial charge < -0.3 is 15.0 Å². The average Bonchev–Trinajstić information content (AvgIpc) is 2.55. The molecule has 0 radical (unpaired) electrons. The van der Waals surface area contributed by atoms with Crippen molar-refractivity contribution in [1.82, 2.24) is 10.2 Å². The van der Waals surface area contributed by atoms with Crippen molar-refractivity contribution in [2.75, 3.05) is 19.6 Å². The van der Waals surface area contributed by atoms with Gasteiger partial charge in [0.2, 0.25) is 0 Å². The highest BCUT2D eigenvalue weighted by atomic mass is 16.5. The molecule has 24 heavy (non-hydrogen) atoms. The van der Waals surface area contributed by atoms with Gasteiger partial charge in [0.25, 0.3) is 5.91 Å². The molecular formula is C19H25N3O2. The number of morpholine rings is 1. The monoisotopic (exact) mass is 327 g/mol. The highest BCUT2D eigenvalue weighted by molar-refractivity contribution is 5.97. The molecule has 128 valence electrons. The summed E-state index contributed by atoms with van der Waals surface area (Å²) in [7, 11) is 0. The SMILES string of the molecule is Cc1ccc(CCN/C=C(/C#N)C(=O)N2CC(C)OC(C)C2)cc1. The molecule has 1 aromatic carbocycles. The third-order valence-electron chi connectivity index (χ3n) is 3.98. The molecule has 1 saturated heterocycles. The molecule has 0 spiro atoms. The van der Waals surface area contributed by atoms with E-state index in [1.165, 1.54) is 17.3 Å². The molecule has 5 heteroatoms. The van der Waals surface area contributed by atoms with Crippen LogP contribution < -0.4 is 5.32 Å². The lowest BCUT2D eigenvalue weighted by Crippen LogP contribution is -2.48. The molecule has 5 nitrogen and oxygen atoms in total. The van der Waals surface area contributed by atoms with Gasteiger partial charge in [0.1, 0.15) is 11.6 Å². The maximum Gasteiger partial charge on any atom is 0.266 e. The predicted octanol–water partition coefficient (Wildman–Crippen LogP) is 2.17. The van der Waals surface area contributed by atoms with Gasteiger partial charge in [-0.1, -0.05) is 29.8 Å². The Morgan fingerprint density at radius 3 is 2.54 bits per heavy atom. The highest BCUT2D eigenvalue weighted by Crippen LogP contribution is 2.13. The zero-order chi connectivity index (χ0) is 17.5. The van der Waals surface area contributed by atoms with Gasteiger partial charge in [0, 0.05) is 25.8 Å². The van der Waals surface area contributed by atoms with Crippen molar-refractivity contribution < 1.29 is 9.53 Å². The third-order valence-corrected chi connectivity index (χ3v) is 3.98. The largest absolute Gasteiger partial charge is 0.389 e. The van der Waals surface area contributed by atoms with E-state index in [4.69, 9.17) is 4.74 Å². The number of nitriles is 1. The topological polar surface area (TPSA) is 65.4 Å². The van der Waals surface area contributed by atoms with Crippen LogP contribution in [0, 0.1) is 18.3 Å². The minimum atomic E-state index is -0.234. The Morgan fingerprint density at radius 2 is 1.96 bits per heavy atom. The second-order valence-electron chi connectivity index (χ2n) is 6.33. The number of ether oxygens (including phenoxy) is 1. The van der Waals surface area contributed by atoms with Crippen LogP contribution >= 0.6 is 0 Å². The molecule has 2 rings (SSSR count). The van der Waals surface area contributed by atoms with Crippen molar-refractivity contribution >= 4 is 5.91 Å². The minimum absolute atomic E-state index is 0.00728. The summed E-state index contributed by atoms with van der Waals surface area (Å²) >= 11 is 0. The van der Waals surface area contributed by atoms with E-state index < -0.39 is 0 Å². The summed E-state index contributed by atoms with van der Waals surface area (Å²) in [6.07, 6.45) is 2.36. The van der Waals surface area contributed by atoms with E-state index in [9.17, 15) is 10.1 Å². The lowest BCUT2D eigenvalue weighted by atomic mass is 10.1. The van der Waals surface area contributed by atoms with Crippen LogP contribution in [0.4, 0.5) is 0 Å². The van der Waals surface area contributed by atoms with Crippen LogP contribution in [0.2, 0.25) is 0 Å². The van der Waals surface area contributed by atoms with E-state index in [1.54, 1.807) is 4.90 Å². The maximum atomic E-state index is 12.5. The molecule has 1 aliphatic rings. The fraction of sp³-hybridized carbons (Fsp3) is 0.474. The molecule has 0 aliphatic carbocycles. The number of nitrogens with one attached hydrogen (secondary N) is 1. The number of benzene rings is 1. The first-order valence-corrected chi connectivity index (χ1v) is 8.33. The van der Waals surface area contributed by atoms with Crippen LogP contribution in [-0.4, -0.2) is 42.6 Å². The number of amides is 1. The average molecular weight is 327 g/mol. The Kier molecular flexibility index (Phi) is 6.39. The Labute approximate surface area is 143 Å². The van der Waals surface area contributed by atoms with Crippen molar-refractivity contribution in [2.24, 2.45) is 0 Å². The van der Waals surface area contributed by atoms with E-state index >= 15 is 0 Å². The Morgan fingerprint density at radius 1 is 1.33 bits per heavy atom. The lowest BCUT2D eigenvalue weighted by Gasteiger charge is -2.35. The lowest BCUT2D eigenvalue weighted by molar-refractivity contribution is -0.138. The second kappa shape index (κ2) is 8.51. The van der Waals surface area contributed by atoms with Crippen LogP contribution in [0.5, 0.6) is 0 Å². The Bertz CT molecular complexity index is 621. The highest BCUT2D eigenvalue weighted by Gasteiger charge is 2.27. The number of hydrogen-bond acceptors (Lipinski definition) is 4. The molecule has 0 aromatic heterocycles. The van der Waals surface area contributed by atoms with Gasteiger partial charge >= 0.3 is 0 Å². The van der Waals surface area contributed by atoms with E-state index in [-0.39, 0.29) is 23.7 Å². The van der Waals surface area contributed by atoms with Crippen molar-refractivity contribution in [1.29, 1.82) is 5.26 Å². The van der Waals surface area contributed by atoms with Crippen molar-refractivity contribution in [3.05, 3.63) is 47.2 Å². The summed E-state index contributed by atoms with van der Waals surface area (Å²) in [4.78, 5) is 14.2. The van der Waals surface area contributed by atoms with Crippen LogP contribution in [0.3, 0.4) is 0 Å². The van der Waals surface area contributed by atoms with E-state index in [2.05, 4.69) is 36.5 Å². The smallest absolute Gasteiger partial charge is 0.266 e. The van der Waals surface area contributed by atoms with Gasteiger partial charge in [0.05, 0.1) is 12.2 Å². The van der Waals surface area contributed by atoms with Gasteiger partial charge in [-0.25, -0.2) is 0 Å². The quantitative estimate of drug-likeness (QED) is 0.511. The van der Waals surface area contributed by atoms with E-state index in [1.807, 2.05) is 19.9 Å². The third kappa shape index (κ3) is 5.10. The molecule has 1 aromatic rings. The summed E-state index contributed by atoms with van der Waals surface area (Å²) in [6.45, 7) is 7.65. The zero-order valence-electron chi connectivity index (χ0n) is 14.6. The first kappa shape index (κ1) is 18.0. The number of carbonyl (C=O) groups is 1. The van der Waals surface area contributed by atoms with E-state index in [0.29, 0.717) is 19.6 Å². The fourth-order valence-corrected chi connectivity index (χ4v) is 2.80. The number of aryl methyl sites for hydroxylation is 1. The van der Waals surface area contributed by atoms with Gasteiger partial charge in [-0.2, -0.15) is 5.26 Å². The van der Waals surface area contributed by atoms with Gasteiger partial charge in [-0.05, 0) is 32.8 Å². The van der Waals surface area contributed by atoms with Crippen LogP contribution in [0.1, 0.15) is 25.0 Å². The predicted molar refractivity (Wildman–Crippen MR) is 93.2 cm³/mol. The molecule has 1 aliphatic heterocycles. The first-order chi connectivity index (χ1) is 11.5. The molecular weight excluding hydrogens is 302 g/mol. The van der Waals surface area contributed by atoms with E-state index in [0.717, 1.165) is 6.42 Å². The van der Waals surface area contributed by atoms with Crippen molar-refractivity contribution in [3.63, 3.8) is 0 Å². The van der Waals surface area contributed by atoms with Gasteiger partial charge in [-0.15, -0.1) is 0 Å². The summed E-state index contributed by atoms with van der Waals surface area (Å²) in [6, 6.07) is 10.3. The summed E-state index contributed by atoms with van der Waals surface area (Å²) in [5, 5.41) is 12.3. The first-order valence-electron chi connectivity index (χ1n) is 8.33. The Hall–Kier alpha value is -2.32. The maximum absolute atomic E-state index is 12.5. The molecule has 1 N–H and O–H groups in total. The molecule has 2 unspecified atom stereocenters. The van der Waals surface area contributed by atoms with Crippen LogP contribution in [0.25, 0.3) is 0 Å². The molecule has 0 bridgehead atoms. The van der Waals surface area contributed by atoms with Crippen LogP contribution in [0.15, 0.2) is 36.0 Å². The normalized spacial score (nSPS) is 21.2. The number of hydrogen-bond donors (Lipinski definition) is 1. The number of rotatable bonds is 5. The van der Waals surface area contributed by atoms with Crippen LogP contribution in [-0.2, 0) is 16.0 Å². The summed E-state index contributed by atoms with van der Waals surface area (Å²) in [5.41, 5.74) is 2.60. The summed E-state index contributed by atoms with van der Waals surface area (Å²) in [5.74, 6) is -0.234. The molecule has 0 saturated carbocycles. The number of carbonyl (C=O) groups excluding carboxylic acids is 1. The molecule has 1 heterocycles. The summed E-state index contributed by atoms with van der Waals surface area (Å²) < 4.78 is 5.62.